The quantitative estimate of drug-likeness (QED) is 0.795. The van der Waals surface area contributed by atoms with Crippen molar-refractivity contribution in [3.63, 3.8) is 0 Å². The van der Waals surface area contributed by atoms with Crippen molar-refractivity contribution < 1.29 is 22.7 Å². The Morgan fingerprint density at radius 2 is 1.82 bits per heavy atom. The van der Waals surface area contributed by atoms with E-state index in [0.717, 1.165) is 12.8 Å². The number of nitrogens with one attached hydrogen (secondary N) is 1. The van der Waals surface area contributed by atoms with E-state index in [9.17, 15) is 13.2 Å². The summed E-state index contributed by atoms with van der Waals surface area (Å²) in [5.74, 6) is 0. The lowest BCUT2D eigenvalue weighted by Gasteiger charge is -2.41. The number of carbonyl (C=O) groups is 1. The molecule has 0 aromatic heterocycles. The summed E-state index contributed by atoms with van der Waals surface area (Å²) >= 11 is 0. The van der Waals surface area contributed by atoms with E-state index in [-0.39, 0.29) is 24.8 Å². The largest absolute Gasteiger partial charge is 0.376 e. The van der Waals surface area contributed by atoms with Crippen LogP contribution in [0.2, 0.25) is 0 Å². The van der Waals surface area contributed by atoms with Gasteiger partial charge in [-0.25, -0.2) is 13.2 Å². The van der Waals surface area contributed by atoms with Crippen molar-refractivity contribution in [2.75, 3.05) is 39.1 Å². The number of hydrogen-bond donors (Lipinski definition) is 1. The molecule has 8 heteroatoms. The Morgan fingerprint density at radius 3 is 2.36 bits per heavy atom. The first-order valence-electron chi connectivity index (χ1n) is 7.85. The molecule has 7 nitrogen and oxygen atoms in total. The molecule has 1 aliphatic carbocycles. The average Bonchev–Trinajstić information content (AvgIpc) is 2.94. The maximum atomic E-state index is 12.4. The van der Waals surface area contributed by atoms with Crippen LogP contribution in [0.1, 0.15) is 25.7 Å². The van der Waals surface area contributed by atoms with Crippen molar-refractivity contribution in [1.29, 1.82) is 0 Å². The lowest BCUT2D eigenvalue weighted by atomic mass is 10.1. The summed E-state index contributed by atoms with van der Waals surface area (Å²) < 4.78 is 34.5. The Bertz CT molecular complexity index is 517. The third-order valence-electron chi connectivity index (χ3n) is 4.99. The molecule has 0 spiro atoms. The molecular formula is C14H24N2O5S. The van der Waals surface area contributed by atoms with Crippen LogP contribution in [0.3, 0.4) is 0 Å². The molecule has 2 amide bonds. The highest BCUT2D eigenvalue weighted by atomic mass is 32.2. The summed E-state index contributed by atoms with van der Waals surface area (Å²) in [6.07, 6.45) is 4.20. The fourth-order valence-corrected chi connectivity index (χ4v) is 5.02. The maximum Gasteiger partial charge on any atom is 0.317 e. The fourth-order valence-electron chi connectivity index (χ4n) is 3.65. The number of sulfone groups is 1. The van der Waals surface area contributed by atoms with E-state index >= 15 is 0 Å². The van der Waals surface area contributed by atoms with Gasteiger partial charge in [-0.3, -0.25) is 0 Å². The van der Waals surface area contributed by atoms with E-state index in [0.29, 0.717) is 39.1 Å². The molecule has 3 fully saturated rings. The molecule has 2 atom stereocenters. The highest BCUT2D eigenvalue weighted by Crippen LogP contribution is 2.36. The number of ether oxygens (including phenoxy) is 2. The molecule has 3 rings (SSSR count). The second-order valence-electron chi connectivity index (χ2n) is 6.64. The van der Waals surface area contributed by atoms with Gasteiger partial charge in [-0.15, -0.1) is 0 Å². The molecule has 0 radical (unpaired) electrons. The van der Waals surface area contributed by atoms with Gasteiger partial charge in [0.05, 0.1) is 43.3 Å². The van der Waals surface area contributed by atoms with E-state index in [1.54, 1.807) is 4.90 Å². The highest BCUT2D eigenvalue weighted by molar-refractivity contribution is 7.92. The Balaban J connectivity index is 1.60. The molecule has 2 saturated heterocycles. The summed E-state index contributed by atoms with van der Waals surface area (Å²) in [7, 11) is -3.18. The zero-order chi connectivity index (χ0) is 15.8. The van der Waals surface area contributed by atoms with Crippen LogP contribution in [0.25, 0.3) is 0 Å². The number of nitrogens with zero attached hydrogens (tertiary/aromatic N) is 1. The van der Waals surface area contributed by atoms with Gasteiger partial charge in [0.15, 0.2) is 9.84 Å². The number of amides is 2. The second kappa shape index (κ2) is 5.98. The first kappa shape index (κ1) is 16.0. The summed E-state index contributed by atoms with van der Waals surface area (Å²) in [4.78, 5) is 14.1. The van der Waals surface area contributed by atoms with Gasteiger partial charge in [0, 0.05) is 12.8 Å². The number of urea groups is 1. The maximum absolute atomic E-state index is 12.4. The van der Waals surface area contributed by atoms with Crippen LogP contribution in [0.4, 0.5) is 4.79 Å². The predicted octanol–water partition coefficient (Wildman–Crippen LogP) is 0.153. The molecule has 22 heavy (non-hydrogen) atoms. The van der Waals surface area contributed by atoms with Gasteiger partial charge in [-0.2, -0.15) is 0 Å². The van der Waals surface area contributed by atoms with Gasteiger partial charge in [-0.1, -0.05) is 12.8 Å². The van der Waals surface area contributed by atoms with Crippen molar-refractivity contribution in [2.24, 2.45) is 0 Å². The molecular weight excluding hydrogens is 308 g/mol. The number of hydrogen-bond acceptors (Lipinski definition) is 5. The fraction of sp³-hybridized carbons (Fsp3) is 0.929. The normalized spacial score (nSPS) is 31.0. The standard InChI is InChI=1S/C14H24N2O5S/c1-22(18,19)14(4-2-3-5-14)10-15-13(17)16-6-11-8-20-9-12(7-16)21-11/h11-12H,2-10H2,1H3,(H,15,17). The molecule has 0 aromatic carbocycles. The van der Waals surface area contributed by atoms with Crippen molar-refractivity contribution in [3.8, 4) is 0 Å². The first-order chi connectivity index (χ1) is 10.4. The Labute approximate surface area is 131 Å². The Kier molecular flexibility index (Phi) is 4.35. The molecule has 2 heterocycles. The van der Waals surface area contributed by atoms with E-state index in [2.05, 4.69) is 5.32 Å². The van der Waals surface area contributed by atoms with Crippen LogP contribution in [0.15, 0.2) is 0 Å². The zero-order valence-corrected chi connectivity index (χ0v) is 13.7. The van der Waals surface area contributed by atoms with E-state index in [1.807, 2.05) is 0 Å². The number of fused-ring (bicyclic) bond motifs is 2. The molecule has 3 aliphatic rings. The minimum absolute atomic E-state index is 0.0754. The van der Waals surface area contributed by atoms with Crippen LogP contribution < -0.4 is 5.32 Å². The topological polar surface area (TPSA) is 84.9 Å². The zero-order valence-electron chi connectivity index (χ0n) is 12.9. The first-order valence-corrected chi connectivity index (χ1v) is 9.74. The minimum atomic E-state index is -3.18. The van der Waals surface area contributed by atoms with Crippen molar-refractivity contribution in [2.45, 2.75) is 42.6 Å². The van der Waals surface area contributed by atoms with Crippen molar-refractivity contribution in [1.82, 2.24) is 10.2 Å². The molecule has 2 aliphatic heterocycles. The number of rotatable bonds is 3. The van der Waals surface area contributed by atoms with Crippen LogP contribution >= 0.6 is 0 Å². The van der Waals surface area contributed by atoms with Crippen molar-refractivity contribution >= 4 is 15.9 Å². The summed E-state index contributed by atoms with van der Waals surface area (Å²) in [5, 5.41) is 2.84. The molecule has 2 unspecified atom stereocenters. The van der Waals surface area contributed by atoms with Gasteiger partial charge >= 0.3 is 6.03 Å². The average molecular weight is 332 g/mol. The van der Waals surface area contributed by atoms with E-state index < -0.39 is 14.6 Å². The number of carbonyl (C=O) groups excluding carboxylic acids is 1. The van der Waals surface area contributed by atoms with Gasteiger partial charge in [-0.05, 0) is 12.8 Å². The molecule has 1 N–H and O–H groups in total. The van der Waals surface area contributed by atoms with Crippen LogP contribution in [-0.4, -0.2) is 75.4 Å². The predicted molar refractivity (Wildman–Crippen MR) is 80.5 cm³/mol. The lowest BCUT2D eigenvalue weighted by molar-refractivity contribution is -0.171. The minimum Gasteiger partial charge on any atom is -0.376 e. The van der Waals surface area contributed by atoms with Gasteiger partial charge in [0.2, 0.25) is 0 Å². The summed E-state index contributed by atoms with van der Waals surface area (Å²) in [6.45, 7) is 2.21. The lowest BCUT2D eigenvalue weighted by Crippen LogP contribution is -2.59. The van der Waals surface area contributed by atoms with Crippen molar-refractivity contribution in [3.05, 3.63) is 0 Å². The Morgan fingerprint density at radius 1 is 1.23 bits per heavy atom. The molecule has 0 aromatic rings. The SMILES string of the molecule is CS(=O)(=O)C1(CNC(=O)N2CC3COCC(C2)O3)CCCC1. The third-order valence-corrected chi connectivity index (χ3v) is 7.12. The Hall–Kier alpha value is -0.860. The number of morpholine rings is 1. The van der Waals surface area contributed by atoms with E-state index in [1.165, 1.54) is 6.26 Å². The van der Waals surface area contributed by atoms with E-state index in [4.69, 9.17) is 9.47 Å². The van der Waals surface area contributed by atoms with Gasteiger partial charge < -0.3 is 19.7 Å². The van der Waals surface area contributed by atoms with Crippen LogP contribution in [-0.2, 0) is 19.3 Å². The van der Waals surface area contributed by atoms with Crippen LogP contribution in [0, 0.1) is 0 Å². The monoisotopic (exact) mass is 332 g/mol. The smallest absolute Gasteiger partial charge is 0.317 e. The van der Waals surface area contributed by atoms with Crippen LogP contribution in [0.5, 0.6) is 0 Å². The molecule has 1 saturated carbocycles. The molecule has 2 bridgehead atoms. The second-order valence-corrected chi connectivity index (χ2v) is 9.05. The van der Waals surface area contributed by atoms with Gasteiger partial charge in [0.1, 0.15) is 0 Å². The highest BCUT2D eigenvalue weighted by Gasteiger charge is 2.44. The summed E-state index contributed by atoms with van der Waals surface area (Å²) in [6, 6.07) is -0.199. The third kappa shape index (κ3) is 3.09. The molecule has 126 valence electrons. The summed E-state index contributed by atoms with van der Waals surface area (Å²) in [5.41, 5.74) is 0. The van der Waals surface area contributed by atoms with Gasteiger partial charge in [0.25, 0.3) is 0 Å².